The first-order valence-electron chi connectivity index (χ1n) is 7.46. The number of carboxylic acid groups (broad SMARTS) is 1. The van der Waals surface area contributed by atoms with E-state index in [-0.39, 0.29) is 6.42 Å². The maximum Gasteiger partial charge on any atom is 0.305 e. The van der Waals surface area contributed by atoms with E-state index in [1.54, 1.807) is 0 Å². The number of hydrogen-bond donors (Lipinski definition) is 1. The van der Waals surface area contributed by atoms with Gasteiger partial charge in [-0.05, 0) is 31.5 Å². The molecule has 1 aliphatic rings. The molecule has 1 aliphatic heterocycles. The number of carbonyl (C=O) groups is 1. The van der Waals surface area contributed by atoms with Gasteiger partial charge in [0.05, 0.1) is 6.42 Å². The van der Waals surface area contributed by atoms with E-state index < -0.39 is 5.97 Å². The summed E-state index contributed by atoms with van der Waals surface area (Å²) in [4.78, 5) is 15.6. The Morgan fingerprint density at radius 1 is 1.30 bits per heavy atom. The molecule has 0 atom stereocenters. The molecule has 0 unspecified atom stereocenters. The highest BCUT2D eigenvalue weighted by molar-refractivity contribution is 5.67. The number of piperidine rings is 1. The van der Waals surface area contributed by atoms with E-state index in [1.165, 1.54) is 0 Å². The van der Waals surface area contributed by atoms with Crippen molar-refractivity contribution < 1.29 is 9.90 Å². The van der Waals surface area contributed by atoms with E-state index in [2.05, 4.69) is 28.9 Å². The Kier molecular flexibility index (Phi) is 5.41. The molecule has 4 nitrogen and oxygen atoms in total. The van der Waals surface area contributed by atoms with Gasteiger partial charge in [0.2, 0.25) is 0 Å². The number of anilines is 1. The molecule has 0 spiro atoms. The summed E-state index contributed by atoms with van der Waals surface area (Å²) < 4.78 is 0. The second-order valence-electron chi connectivity index (χ2n) is 5.34. The maximum absolute atomic E-state index is 10.9. The standard InChI is InChI=1S/C16H24N2O2/c1-2-17-11-8-15(9-12-17)18(13-10-16(19)20)14-6-4-3-5-7-14/h3-7,15H,2,8-13H2,1H3,(H,19,20). The second-order valence-corrected chi connectivity index (χ2v) is 5.34. The number of hydrogen-bond acceptors (Lipinski definition) is 3. The lowest BCUT2D eigenvalue weighted by molar-refractivity contribution is -0.136. The van der Waals surface area contributed by atoms with Crippen LogP contribution in [0.1, 0.15) is 26.2 Å². The van der Waals surface area contributed by atoms with Crippen molar-refractivity contribution in [2.24, 2.45) is 0 Å². The first kappa shape index (κ1) is 14.9. The van der Waals surface area contributed by atoms with Gasteiger partial charge in [-0.25, -0.2) is 0 Å². The summed E-state index contributed by atoms with van der Waals surface area (Å²) >= 11 is 0. The summed E-state index contributed by atoms with van der Waals surface area (Å²) in [6, 6.07) is 10.6. The number of rotatable bonds is 6. The van der Waals surface area contributed by atoms with Gasteiger partial charge in [-0.1, -0.05) is 25.1 Å². The van der Waals surface area contributed by atoms with Gasteiger partial charge in [-0.15, -0.1) is 0 Å². The monoisotopic (exact) mass is 276 g/mol. The van der Waals surface area contributed by atoms with Crippen LogP contribution < -0.4 is 4.90 Å². The van der Waals surface area contributed by atoms with Crippen molar-refractivity contribution in [1.29, 1.82) is 0 Å². The molecule has 1 heterocycles. The molecule has 1 N–H and O–H groups in total. The van der Waals surface area contributed by atoms with Crippen molar-refractivity contribution in [2.45, 2.75) is 32.2 Å². The fourth-order valence-electron chi connectivity index (χ4n) is 2.91. The van der Waals surface area contributed by atoms with Gasteiger partial charge in [0.15, 0.2) is 0 Å². The van der Waals surface area contributed by atoms with E-state index in [4.69, 9.17) is 5.11 Å². The van der Waals surface area contributed by atoms with Crippen molar-refractivity contribution in [2.75, 3.05) is 31.1 Å². The van der Waals surface area contributed by atoms with Crippen LogP contribution in [0.25, 0.3) is 0 Å². The van der Waals surface area contributed by atoms with Crippen molar-refractivity contribution in [3.8, 4) is 0 Å². The van der Waals surface area contributed by atoms with E-state index in [1.807, 2.05) is 18.2 Å². The molecular weight excluding hydrogens is 252 g/mol. The molecule has 1 saturated heterocycles. The fraction of sp³-hybridized carbons (Fsp3) is 0.562. The smallest absolute Gasteiger partial charge is 0.305 e. The number of aliphatic carboxylic acids is 1. The Balaban J connectivity index is 2.05. The highest BCUT2D eigenvalue weighted by Gasteiger charge is 2.24. The van der Waals surface area contributed by atoms with Crippen molar-refractivity contribution in [3.63, 3.8) is 0 Å². The molecule has 0 saturated carbocycles. The third kappa shape index (κ3) is 3.97. The minimum Gasteiger partial charge on any atom is -0.481 e. The van der Waals surface area contributed by atoms with Gasteiger partial charge in [0.25, 0.3) is 0 Å². The maximum atomic E-state index is 10.9. The summed E-state index contributed by atoms with van der Waals surface area (Å²) in [6.45, 7) is 6.11. The molecule has 2 rings (SSSR count). The first-order valence-corrected chi connectivity index (χ1v) is 7.46. The van der Waals surface area contributed by atoms with Crippen LogP contribution in [0.15, 0.2) is 30.3 Å². The van der Waals surface area contributed by atoms with Gasteiger partial charge in [0, 0.05) is 31.4 Å². The molecule has 1 aromatic rings. The molecule has 0 radical (unpaired) electrons. The topological polar surface area (TPSA) is 43.8 Å². The molecular formula is C16H24N2O2. The van der Waals surface area contributed by atoms with Gasteiger partial charge in [0.1, 0.15) is 0 Å². The third-order valence-corrected chi connectivity index (χ3v) is 4.10. The SMILES string of the molecule is CCN1CCC(N(CCC(=O)O)c2ccccc2)CC1. The van der Waals surface area contributed by atoms with Gasteiger partial charge < -0.3 is 14.9 Å². The Bertz CT molecular complexity index is 414. The fourth-order valence-corrected chi connectivity index (χ4v) is 2.91. The predicted molar refractivity (Wildman–Crippen MR) is 81.2 cm³/mol. The zero-order valence-corrected chi connectivity index (χ0v) is 12.2. The normalized spacial score (nSPS) is 17.1. The van der Waals surface area contributed by atoms with Crippen LogP contribution in [0.2, 0.25) is 0 Å². The van der Waals surface area contributed by atoms with E-state index in [0.717, 1.165) is 38.2 Å². The summed E-state index contributed by atoms with van der Waals surface area (Å²) in [6.07, 6.45) is 2.42. The van der Waals surface area contributed by atoms with Gasteiger partial charge in [-0.3, -0.25) is 4.79 Å². The van der Waals surface area contributed by atoms with Gasteiger partial charge >= 0.3 is 5.97 Å². The summed E-state index contributed by atoms with van der Waals surface area (Å²) in [5, 5.41) is 8.95. The molecule has 110 valence electrons. The predicted octanol–water partition coefficient (Wildman–Crippen LogP) is 2.45. The van der Waals surface area contributed by atoms with Crippen LogP contribution in [-0.2, 0) is 4.79 Å². The number of benzene rings is 1. The average molecular weight is 276 g/mol. The van der Waals surface area contributed by atoms with Crippen LogP contribution in [-0.4, -0.2) is 48.2 Å². The highest BCUT2D eigenvalue weighted by Crippen LogP contribution is 2.23. The van der Waals surface area contributed by atoms with Crippen LogP contribution in [0, 0.1) is 0 Å². The highest BCUT2D eigenvalue weighted by atomic mass is 16.4. The molecule has 0 bridgehead atoms. The van der Waals surface area contributed by atoms with Crippen LogP contribution in [0.4, 0.5) is 5.69 Å². The lowest BCUT2D eigenvalue weighted by Gasteiger charge is -2.39. The summed E-state index contributed by atoms with van der Waals surface area (Å²) in [5.74, 6) is -0.725. The Morgan fingerprint density at radius 3 is 2.50 bits per heavy atom. The molecule has 1 fully saturated rings. The van der Waals surface area contributed by atoms with Crippen LogP contribution >= 0.6 is 0 Å². The minimum atomic E-state index is -0.725. The zero-order valence-electron chi connectivity index (χ0n) is 12.2. The van der Waals surface area contributed by atoms with E-state index >= 15 is 0 Å². The minimum absolute atomic E-state index is 0.197. The molecule has 4 heteroatoms. The van der Waals surface area contributed by atoms with Gasteiger partial charge in [-0.2, -0.15) is 0 Å². The van der Waals surface area contributed by atoms with E-state index in [0.29, 0.717) is 12.6 Å². The molecule has 1 aromatic carbocycles. The van der Waals surface area contributed by atoms with Crippen molar-refractivity contribution in [1.82, 2.24) is 4.90 Å². The lowest BCUT2D eigenvalue weighted by Crippen LogP contribution is -2.45. The summed E-state index contributed by atoms with van der Waals surface area (Å²) in [5.41, 5.74) is 1.14. The summed E-state index contributed by atoms with van der Waals surface area (Å²) in [7, 11) is 0. The number of carboxylic acids is 1. The molecule has 0 aromatic heterocycles. The first-order chi connectivity index (χ1) is 9.70. The Hall–Kier alpha value is -1.55. The van der Waals surface area contributed by atoms with E-state index in [9.17, 15) is 4.79 Å². The van der Waals surface area contributed by atoms with Crippen LogP contribution in [0.5, 0.6) is 0 Å². The van der Waals surface area contributed by atoms with Crippen molar-refractivity contribution >= 4 is 11.7 Å². The zero-order chi connectivity index (χ0) is 14.4. The molecule has 0 amide bonds. The number of para-hydroxylation sites is 1. The number of likely N-dealkylation sites (tertiary alicyclic amines) is 1. The molecule has 0 aliphatic carbocycles. The third-order valence-electron chi connectivity index (χ3n) is 4.10. The van der Waals surface area contributed by atoms with Crippen molar-refractivity contribution in [3.05, 3.63) is 30.3 Å². The lowest BCUT2D eigenvalue weighted by atomic mass is 10.0. The average Bonchev–Trinajstić information content (AvgIpc) is 2.49. The molecule has 20 heavy (non-hydrogen) atoms. The second kappa shape index (κ2) is 7.29. The Morgan fingerprint density at radius 2 is 1.95 bits per heavy atom. The quantitative estimate of drug-likeness (QED) is 0.867. The Labute approximate surface area is 121 Å². The largest absolute Gasteiger partial charge is 0.481 e. The number of nitrogens with zero attached hydrogens (tertiary/aromatic N) is 2. The van der Waals surface area contributed by atoms with Crippen LogP contribution in [0.3, 0.4) is 0 Å².